The van der Waals surface area contributed by atoms with Crippen LogP contribution in [0.2, 0.25) is 13.1 Å². The summed E-state index contributed by atoms with van der Waals surface area (Å²) in [4.78, 5) is 0. The Morgan fingerprint density at radius 3 is 2.19 bits per heavy atom. The number of halogens is 2. The molecule has 1 aromatic carbocycles. The summed E-state index contributed by atoms with van der Waals surface area (Å²) < 4.78 is 10.5. The van der Waals surface area contributed by atoms with Crippen molar-refractivity contribution in [1.29, 1.82) is 0 Å². The van der Waals surface area contributed by atoms with Gasteiger partial charge in [0.1, 0.15) is 10.2 Å². The summed E-state index contributed by atoms with van der Waals surface area (Å²) in [7, 11) is -0.340. The number of ether oxygens (including phenoxy) is 1. The molecule has 0 radical (unpaired) electrons. The highest BCUT2D eigenvalue weighted by Gasteiger charge is 2.30. The molecule has 90 valence electrons. The molecule has 0 atom stereocenters. The van der Waals surface area contributed by atoms with Crippen LogP contribution in [0.25, 0.3) is 0 Å². The van der Waals surface area contributed by atoms with Gasteiger partial charge in [-0.15, -0.1) is 23.2 Å². The molecule has 0 spiro atoms. The molecule has 0 saturated heterocycles. The zero-order chi connectivity index (χ0) is 12.2. The standard InChI is InChI=1S/C11H16Cl2O2Si/c1-14-10-6-4-9(5-7-10)8-15-16(2,3)11(12)13/h4-7,11H,8H2,1-3H3. The smallest absolute Gasteiger partial charge is 0.220 e. The first kappa shape index (κ1) is 13.8. The molecule has 0 aliphatic heterocycles. The molecular formula is C11H16Cl2O2Si. The van der Waals surface area contributed by atoms with Crippen molar-refractivity contribution in [2.75, 3.05) is 7.11 Å². The molecule has 1 aromatic rings. The summed E-state index contributed by atoms with van der Waals surface area (Å²) in [6.45, 7) is 4.54. The average molecular weight is 279 g/mol. The van der Waals surface area contributed by atoms with E-state index >= 15 is 0 Å². The Balaban J connectivity index is 2.54. The fourth-order valence-corrected chi connectivity index (χ4v) is 2.10. The van der Waals surface area contributed by atoms with Gasteiger partial charge in [-0.3, -0.25) is 0 Å². The highest BCUT2D eigenvalue weighted by Crippen LogP contribution is 2.21. The molecule has 16 heavy (non-hydrogen) atoms. The SMILES string of the molecule is COc1ccc(CO[Si](C)(C)C(Cl)Cl)cc1. The molecule has 0 saturated carbocycles. The minimum atomic E-state index is -1.99. The van der Waals surface area contributed by atoms with Crippen LogP contribution in [0.4, 0.5) is 0 Å². The van der Waals surface area contributed by atoms with E-state index in [1.807, 2.05) is 37.4 Å². The van der Waals surface area contributed by atoms with Crippen LogP contribution in [-0.2, 0) is 11.0 Å². The second-order valence-corrected chi connectivity index (χ2v) is 9.94. The van der Waals surface area contributed by atoms with Crippen molar-refractivity contribution in [3.63, 3.8) is 0 Å². The van der Waals surface area contributed by atoms with Gasteiger partial charge in [0.2, 0.25) is 8.32 Å². The third-order valence-electron chi connectivity index (χ3n) is 2.30. The van der Waals surface area contributed by atoms with Crippen molar-refractivity contribution in [3.8, 4) is 5.75 Å². The Kier molecular flexibility index (Phi) is 5.12. The largest absolute Gasteiger partial charge is 0.497 e. The maximum absolute atomic E-state index is 5.87. The van der Waals surface area contributed by atoms with Crippen LogP contribution < -0.4 is 4.74 Å². The number of rotatable bonds is 5. The average Bonchev–Trinajstić information content (AvgIpc) is 2.27. The molecule has 0 amide bonds. The molecule has 1 rings (SSSR count). The van der Waals surface area contributed by atoms with Crippen LogP contribution in [0, 0.1) is 0 Å². The van der Waals surface area contributed by atoms with Gasteiger partial charge in [0, 0.05) is 0 Å². The van der Waals surface area contributed by atoms with Crippen molar-refractivity contribution >= 4 is 31.5 Å². The first-order valence-corrected chi connectivity index (χ1v) is 8.86. The van der Waals surface area contributed by atoms with E-state index in [0.717, 1.165) is 11.3 Å². The van der Waals surface area contributed by atoms with Gasteiger partial charge in [0.25, 0.3) is 0 Å². The Bertz CT molecular complexity index is 325. The van der Waals surface area contributed by atoms with Crippen molar-refractivity contribution in [2.45, 2.75) is 24.2 Å². The molecule has 0 unspecified atom stereocenters. The number of methoxy groups -OCH3 is 1. The molecule has 0 heterocycles. The van der Waals surface area contributed by atoms with Gasteiger partial charge in [-0.2, -0.15) is 0 Å². The summed E-state index contributed by atoms with van der Waals surface area (Å²) in [6.07, 6.45) is 0. The van der Waals surface area contributed by atoms with Crippen LogP contribution in [0.3, 0.4) is 0 Å². The quantitative estimate of drug-likeness (QED) is 0.603. The fraction of sp³-hybridized carbons (Fsp3) is 0.455. The van der Waals surface area contributed by atoms with Crippen LogP contribution in [-0.4, -0.2) is 19.9 Å². The molecule has 5 heteroatoms. The summed E-state index contributed by atoms with van der Waals surface area (Å²) in [6, 6.07) is 7.76. The topological polar surface area (TPSA) is 18.5 Å². The van der Waals surface area contributed by atoms with Crippen LogP contribution >= 0.6 is 23.2 Å². The summed E-state index contributed by atoms with van der Waals surface area (Å²) >= 11 is 11.7. The first-order valence-electron chi connectivity index (χ1n) is 5.01. The van der Waals surface area contributed by atoms with Gasteiger partial charge in [-0.05, 0) is 30.8 Å². The van der Waals surface area contributed by atoms with Gasteiger partial charge in [0.15, 0.2) is 0 Å². The van der Waals surface area contributed by atoms with Crippen LogP contribution in [0.15, 0.2) is 24.3 Å². The zero-order valence-corrected chi connectivity index (χ0v) is 12.2. The summed E-state index contributed by atoms with van der Waals surface area (Å²) in [5.41, 5.74) is 1.09. The Labute approximate surface area is 108 Å². The second kappa shape index (κ2) is 5.91. The lowest BCUT2D eigenvalue weighted by atomic mass is 10.2. The molecular weight excluding hydrogens is 263 g/mol. The van der Waals surface area contributed by atoms with E-state index in [1.165, 1.54) is 0 Å². The lowest BCUT2D eigenvalue weighted by Gasteiger charge is -2.23. The van der Waals surface area contributed by atoms with Crippen molar-refractivity contribution < 1.29 is 9.16 Å². The lowest BCUT2D eigenvalue weighted by molar-refractivity contribution is 0.296. The predicted molar refractivity (Wildman–Crippen MR) is 70.8 cm³/mol. The maximum Gasteiger partial charge on any atom is 0.220 e. The molecule has 0 N–H and O–H groups in total. The van der Waals surface area contributed by atoms with Crippen molar-refractivity contribution in [2.24, 2.45) is 0 Å². The van der Waals surface area contributed by atoms with Crippen molar-refractivity contribution in [3.05, 3.63) is 29.8 Å². The van der Waals surface area contributed by atoms with Gasteiger partial charge in [-0.25, -0.2) is 0 Å². The van der Waals surface area contributed by atoms with E-state index in [-0.39, 0.29) is 0 Å². The molecule has 0 aromatic heterocycles. The molecule has 0 fully saturated rings. The Morgan fingerprint density at radius 1 is 1.19 bits per heavy atom. The third-order valence-corrected chi connectivity index (χ3v) is 7.39. The predicted octanol–water partition coefficient (Wildman–Crippen LogP) is 3.76. The van der Waals surface area contributed by atoms with Crippen LogP contribution in [0.1, 0.15) is 5.56 Å². The fourth-order valence-electron chi connectivity index (χ4n) is 1.05. The monoisotopic (exact) mass is 278 g/mol. The van der Waals surface area contributed by atoms with Crippen molar-refractivity contribution in [1.82, 2.24) is 0 Å². The van der Waals surface area contributed by atoms with E-state index < -0.39 is 12.8 Å². The molecule has 0 aliphatic carbocycles. The number of benzene rings is 1. The molecule has 0 aliphatic rings. The van der Waals surface area contributed by atoms with E-state index in [4.69, 9.17) is 32.4 Å². The highest BCUT2D eigenvalue weighted by atomic mass is 35.5. The van der Waals surface area contributed by atoms with Gasteiger partial charge in [0.05, 0.1) is 13.7 Å². The molecule has 0 bridgehead atoms. The van der Waals surface area contributed by atoms with Gasteiger partial charge >= 0.3 is 0 Å². The van der Waals surface area contributed by atoms with Gasteiger partial charge < -0.3 is 9.16 Å². The second-order valence-electron chi connectivity index (χ2n) is 4.04. The summed E-state index contributed by atoms with van der Waals surface area (Å²) in [5, 5.41) is 0. The van der Waals surface area contributed by atoms with E-state index in [2.05, 4.69) is 0 Å². The van der Waals surface area contributed by atoms with E-state index in [9.17, 15) is 0 Å². The van der Waals surface area contributed by atoms with Gasteiger partial charge in [-0.1, -0.05) is 12.1 Å². The summed E-state index contributed by atoms with van der Waals surface area (Å²) in [5.74, 6) is 0.841. The minimum Gasteiger partial charge on any atom is -0.497 e. The minimum absolute atomic E-state index is 0.411. The number of hydrogen-bond donors (Lipinski definition) is 0. The van der Waals surface area contributed by atoms with E-state index in [0.29, 0.717) is 6.61 Å². The van der Waals surface area contributed by atoms with Crippen LogP contribution in [0.5, 0.6) is 5.75 Å². The Morgan fingerprint density at radius 2 is 1.75 bits per heavy atom. The first-order chi connectivity index (χ1) is 7.45. The third kappa shape index (κ3) is 3.98. The number of hydrogen-bond acceptors (Lipinski definition) is 2. The molecule has 2 nitrogen and oxygen atoms in total. The lowest BCUT2D eigenvalue weighted by Crippen LogP contribution is -2.38. The normalized spacial score (nSPS) is 11.9. The van der Waals surface area contributed by atoms with E-state index in [1.54, 1.807) is 7.11 Å². The Hall–Kier alpha value is -0.223. The maximum atomic E-state index is 5.87. The zero-order valence-electron chi connectivity index (χ0n) is 9.67. The number of alkyl halides is 2. The highest BCUT2D eigenvalue weighted by molar-refractivity contribution is 6.87.